The van der Waals surface area contributed by atoms with Crippen LogP contribution in [0, 0.1) is 0 Å². The molecule has 0 spiro atoms. The average molecular weight is 463 g/mol. The number of hydrogen-bond donors (Lipinski definition) is 1. The first kappa shape index (κ1) is 25.1. The Morgan fingerprint density at radius 3 is 2.55 bits per heavy atom. The number of hydrogen-bond acceptors (Lipinski definition) is 4. The second-order valence-corrected chi connectivity index (χ2v) is 8.94. The number of thioether (sulfide) groups is 1. The van der Waals surface area contributed by atoms with Crippen LogP contribution in [0.1, 0.15) is 38.3 Å². The van der Waals surface area contributed by atoms with Crippen LogP contribution >= 0.6 is 23.4 Å². The van der Waals surface area contributed by atoms with E-state index in [1.54, 1.807) is 12.0 Å². The highest BCUT2D eigenvalue weighted by Gasteiger charge is 2.29. The number of nitrogens with one attached hydrogen (secondary N) is 1. The molecule has 2 amide bonds. The van der Waals surface area contributed by atoms with Crippen molar-refractivity contribution in [2.75, 3.05) is 12.9 Å². The Bertz CT molecular complexity index is 875. The second kappa shape index (κ2) is 12.6. The quantitative estimate of drug-likeness (QED) is 0.515. The summed E-state index contributed by atoms with van der Waals surface area (Å²) >= 11 is 7.72. The van der Waals surface area contributed by atoms with Crippen molar-refractivity contribution in [3.8, 4) is 5.75 Å². The van der Waals surface area contributed by atoms with E-state index in [1.165, 1.54) is 11.8 Å². The van der Waals surface area contributed by atoms with Crippen molar-refractivity contribution < 1.29 is 14.3 Å². The van der Waals surface area contributed by atoms with Crippen molar-refractivity contribution in [2.24, 2.45) is 0 Å². The molecule has 0 bridgehead atoms. The lowest BCUT2D eigenvalue weighted by molar-refractivity contribution is -0.139. The van der Waals surface area contributed by atoms with Gasteiger partial charge in [-0.05, 0) is 49.6 Å². The Morgan fingerprint density at radius 2 is 1.90 bits per heavy atom. The van der Waals surface area contributed by atoms with Gasteiger partial charge in [0.05, 0.1) is 12.9 Å². The predicted octanol–water partition coefficient (Wildman–Crippen LogP) is 4.91. The first-order chi connectivity index (χ1) is 14.8. The van der Waals surface area contributed by atoms with E-state index in [-0.39, 0.29) is 23.6 Å². The predicted molar refractivity (Wildman–Crippen MR) is 129 cm³/mol. The topological polar surface area (TPSA) is 58.6 Å². The summed E-state index contributed by atoms with van der Waals surface area (Å²) in [6, 6.07) is 14.7. The van der Waals surface area contributed by atoms with Crippen molar-refractivity contribution in [1.82, 2.24) is 10.2 Å². The van der Waals surface area contributed by atoms with Gasteiger partial charge in [0.1, 0.15) is 11.8 Å². The lowest BCUT2D eigenvalue weighted by atomic mass is 10.1. The summed E-state index contributed by atoms with van der Waals surface area (Å²) in [5.41, 5.74) is 1.91. The van der Waals surface area contributed by atoms with Crippen molar-refractivity contribution in [1.29, 1.82) is 0 Å². The minimum atomic E-state index is -0.540. The molecule has 31 heavy (non-hydrogen) atoms. The molecule has 2 aromatic carbocycles. The monoisotopic (exact) mass is 462 g/mol. The number of carbonyl (C=O) groups is 2. The SMILES string of the molecule is CCC(C(=O)NC(C)C)N(Cc1cccc(OC)c1)C(=O)CSCc1ccccc1Cl. The van der Waals surface area contributed by atoms with Crippen LogP contribution < -0.4 is 10.1 Å². The van der Waals surface area contributed by atoms with Crippen LogP contribution in [0.5, 0.6) is 5.75 Å². The Balaban J connectivity index is 2.17. The van der Waals surface area contributed by atoms with Crippen LogP contribution in [0.3, 0.4) is 0 Å². The molecule has 0 aliphatic rings. The van der Waals surface area contributed by atoms with Crippen LogP contribution in [0.4, 0.5) is 0 Å². The van der Waals surface area contributed by atoms with E-state index in [0.717, 1.165) is 16.9 Å². The molecule has 2 rings (SSSR count). The third kappa shape index (κ3) is 7.78. The smallest absolute Gasteiger partial charge is 0.243 e. The Kier molecular flexibility index (Phi) is 10.2. The minimum Gasteiger partial charge on any atom is -0.497 e. The van der Waals surface area contributed by atoms with E-state index >= 15 is 0 Å². The molecule has 0 saturated carbocycles. The highest BCUT2D eigenvalue weighted by Crippen LogP contribution is 2.22. The molecular weight excluding hydrogens is 432 g/mol. The zero-order valence-corrected chi connectivity index (χ0v) is 20.1. The van der Waals surface area contributed by atoms with Gasteiger partial charge in [0.25, 0.3) is 0 Å². The Hall–Kier alpha value is -2.18. The van der Waals surface area contributed by atoms with Gasteiger partial charge >= 0.3 is 0 Å². The summed E-state index contributed by atoms with van der Waals surface area (Å²) in [7, 11) is 1.61. The van der Waals surface area contributed by atoms with Crippen LogP contribution in [0.2, 0.25) is 5.02 Å². The number of carbonyl (C=O) groups excluding carboxylic acids is 2. The molecular formula is C24H31ClN2O3S. The molecule has 0 saturated heterocycles. The van der Waals surface area contributed by atoms with Gasteiger partial charge in [0.2, 0.25) is 11.8 Å². The fraction of sp³-hybridized carbons (Fsp3) is 0.417. The molecule has 1 N–H and O–H groups in total. The molecule has 0 aliphatic carbocycles. The number of nitrogens with zero attached hydrogens (tertiary/aromatic N) is 1. The molecule has 5 nitrogen and oxygen atoms in total. The summed E-state index contributed by atoms with van der Waals surface area (Å²) in [6.07, 6.45) is 0.531. The zero-order chi connectivity index (χ0) is 22.8. The van der Waals surface area contributed by atoms with Gasteiger partial charge < -0.3 is 15.0 Å². The van der Waals surface area contributed by atoms with Crippen LogP contribution in [0.15, 0.2) is 48.5 Å². The molecule has 0 fully saturated rings. The van der Waals surface area contributed by atoms with Gasteiger partial charge in [-0.1, -0.05) is 48.9 Å². The summed E-state index contributed by atoms with van der Waals surface area (Å²) in [5.74, 6) is 1.40. The van der Waals surface area contributed by atoms with E-state index in [4.69, 9.17) is 16.3 Å². The van der Waals surface area contributed by atoms with Gasteiger partial charge in [-0.25, -0.2) is 0 Å². The van der Waals surface area contributed by atoms with E-state index in [1.807, 2.05) is 69.3 Å². The van der Waals surface area contributed by atoms with Crippen LogP contribution in [-0.4, -0.2) is 41.7 Å². The number of benzene rings is 2. The zero-order valence-electron chi connectivity index (χ0n) is 18.6. The highest BCUT2D eigenvalue weighted by molar-refractivity contribution is 7.99. The minimum absolute atomic E-state index is 0.00455. The maximum atomic E-state index is 13.2. The third-order valence-electron chi connectivity index (χ3n) is 4.74. The van der Waals surface area contributed by atoms with E-state index in [0.29, 0.717) is 23.7 Å². The number of halogens is 1. The number of methoxy groups -OCH3 is 1. The molecule has 0 radical (unpaired) electrons. The number of ether oxygens (including phenoxy) is 1. The lowest BCUT2D eigenvalue weighted by Gasteiger charge is -2.31. The van der Waals surface area contributed by atoms with Gasteiger partial charge in [-0.2, -0.15) is 0 Å². The molecule has 7 heteroatoms. The van der Waals surface area contributed by atoms with E-state index in [9.17, 15) is 9.59 Å². The normalized spacial score (nSPS) is 11.8. The van der Waals surface area contributed by atoms with Crippen LogP contribution in [0.25, 0.3) is 0 Å². The number of amides is 2. The fourth-order valence-corrected chi connectivity index (χ4v) is 4.41. The van der Waals surface area contributed by atoms with E-state index < -0.39 is 6.04 Å². The standard InChI is InChI=1S/C24H31ClN2O3S/c1-5-22(24(29)26-17(2)3)27(14-18-9-8-11-20(13-18)30-4)23(28)16-31-15-19-10-6-7-12-21(19)25/h6-13,17,22H,5,14-16H2,1-4H3,(H,26,29). The van der Waals surface area contributed by atoms with Gasteiger partial charge in [0.15, 0.2) is 0 Å². The number of rotatable bonds is 11. The van der Waals surface area contributed by atoms with Gasteiger partial charge in [-0.3, -0.25) is 9.59 Å². The summed E-state index contributed by atoms with van der Waals surface area (Å²) in [4.78, 5) is 27.7. The lowest BCUT2D eigenvalue weighted by Crippen LogP contribution is -2.50. The summed E-state index contributed by atoms with van der Waals surface area (Å²) in [5, 5.41) is 3.64. The molecule has 0 aromatic heterocycles. The maximum absolute atomic E-state index is 13.2. The largest absolute Gasteiger partial charge is 0.497 e. The molecule has 0 heterocycles. The first-order valence-electron chi connectivity index (χ1n) is 10.4. The Labute approximate surface area is 194 Å². The second-order valence-electron chi connectivity index (χ2n) is 7.54. The summed E-state index contributed by atoms with van der Waals surface area (Å²) in [6.45, 7) is 6.09. The van der Waals surface area contributed by atoms with Gasteiger partial charge in [-0.15, -0.1) is 11.8 Å². The Morgan fingerprint density at radius 1 is 1.16 bits per heavy atom. The molecule has 1 atom stereocenters. The first-order valence-corrected chi connectivity index (χ1v) is 11.9. The van der Waals surface area contributed by atoms with Crippen molar-refractivity contribution in [2.45, 2.75) is 51.6 Å². The van der Waals surface area contributed by atoms with Crippen LogP contribution in [-0.2, 0) is 21.9 Å². The van der Waals surface area contributed by atoms with Crippen molar-refractivity contribution >= 4 is 35.2 Å². The maximum Gasteiger partial charge on any atom is 0.243 e. The third-order valence-corrected chi connectivity index (χ3v) is 6.08. The van der Waals surface area contributed by atoms with Gasteiger partial charge in [0, 0.05) is 23.4 Å². The molecule has 0 aliphatic heterocycles. The molecule has 1 unspecified atom stereocenters. The van der Waals surface area contributed by atoms with E-state index in [2.05, 4.69) is 5.32 Å². The fourth-order valence-electron chi connectivity index (χ4n) is 3.21. The summed E-state index contributed by atoms with van der Waals surface area (Å²) < 4.78 is 5.31. The van der Waals surface area contributed by atoms with Crippen molar-refractivity contribution in [3.05, 3.63) is 64.7 Å². The molecule has 2 aromatic rings. The average Bonchev–Trinajstić information content (AvgIpc) is 2.74. The van der Waals surface area contributed by atoms with Crippen molar-refractivity contribution in [3.63, 3.8) is 0 Å². The molecule has 168 valence electrons. The highest BCUT2D eigenvalue weighted by atomic mass is 35.5.